The Labute approximate surface area is 87.3 Å². The number of halogens is 1. The van der Waals surface area contributed by atoms with Crippen LogP contribution in [0, 0.1) is 0 Å². The molecular formula is C9H12BrNO2. The Morgan fingerprint density at radius 1 is 1.46 bits per heavy atom. The van der Waals surface area contributed by atoms with Gasteiger partial charge in [0.05, 0.1) is 0 Å². The molecule has 0 saturated carbocycles. The summed E-state index contributed by atoms with van der Waals surface area (Å²) in [4.78, 5) is 0. The average Bonchev–Trinajstić information content (AvgIpc) is 2.05. The molecule has 0 unspecified atom stereocenters. The van der Waals surface area contributed by atoms with Crippen LogP contribution in [0.1, 0.15) is 5.56 Å². The Morgan fingerprint density at radius 3 is 3.00 bits per heavy atom. The number of hydrogen-bond donors (Lipinski definition) is 2. The van der Waals surface area contributed by atoms with Crippen LogP contribution in [0.15, 0.2) is 18.2 Å². The monoisotopic (exact) mass is 245 g/mol. The standard InChI is InChI=1S/C9H11NO2.BrH/c10-7-3-6-1-2-8(11)4-9(6)12-5-7;/h1-2,4,7,11H,3,5,10H2;1H/t7-;/m1./s1. The number of rotatable bonds is 0. The Bertz CT molecular complexity index is 304. The summed E-state index contributed by atoms with van der Waals surface area (Å²) >= 11 is 0. The maximum absolute atomic E-state index is 9.14. The molecule has 1 aliphatic heterocycles. The van der Waals surface area contributed by atoms with Gasteiger partial charge in [0.1, 0.15) is 18.1 Å². The van der Waals surface area contributed by atoms with Crippen molar-refractivity contribution in [1.82, 2.24) is 0 Å². The maximum atomic E-state index is 9.14. The van der Waals surface area contributed by atoms with Crippen molar-refractivity contribution in [1.29, 1.82) is 0 Å². The second-order valence-corrected chi connectivity index (χ2v) is 3.07. The van der Waals surface area contributed by atoms with Crippen LogP contribution in [-0.2, 0) is 6.42 Å². The van der Waals surface area contributed by atoms with E-state index >= 15 is 0 Å². The van der Waals surface area contributed by atoms with Gasteiger partial charge in [0.15, 0.2) is 0 Å². The molecule has 1 aliphatic rings. The van der Waals surface area contributed by atoms with Gasteiger partial charge >= 0.3 is 0 Å². The second kappa shape index (κ2) is 3.98. The van der Waals surface area contributed by atoms with Crippen molar-refractivity contribution < 1.29 is 9.84 Å². The first-order chi connectivity index (χ1) is 5.75. The van der Waals surface area contributed by atoms with Gasteiger partial charge in [-0.25, -0.2) is 0 Å². The van der Waals surface area contributed by atoms with Gasteiger partial charge < -0.3 is 15.6 Å². The zero-order valence-corrected chi connectivity index (χ0v) is 8.78. The minimum atomic E-state index is 0. The molecule has 3 nitrogen and oxygen atoms in total. The fraction of sp³-hybridized carbons (Fsp3) is 0.333. The molecule has 0 amide bonds. The third-order valence-corrected chi connectivity index (χ3v) is 1.99. The Balaban J connectivity index is 0.000000845. The van der Waals surface area contributed by atoms with Crippen LogP contribution in [0.3, 0.4) is 0 Å². The molecule has 3 N–H and O–H groups in total. The lowest BCUT2D eigenvalue weighted by molar-refractivity contribution is 0.262. The van der Waals surface area contributed by atoms with Crippen LogP contribution in [0.2, 0.25) is 0 Å². The van der Waals surface area contributed by atoms with Crippen molar-refractivity contribution in [2.24, 2.45) is 5.73 Å². The number of phenols is 1. The molecular weight excluding hydrogens is 234 g/mol. The summed E-state index contributed by atoms with van der Waals surface area (Å²) in [7, 11) is 0. The average molecular weight is 246 g/mol. The van der Waals surface area contributed by atoms with Crippen LogP contribution < -0.4 is 10.5 Å². The Morgan fingerprint density at radius 2 is 2.23 bits per heavy atom. The first kappa shape index (κ1) is 10.3. The van der Waals surface area contributed by atoms with Gasteiger partial charge in [-0.05, 0) is 18.1 Å². The number of phenolic OH excluding ortho intramolecular Hbond substituents is 1. The van der Waals surface area contributed by atoms with Crippen LogP contribution in [0.5, 0.6) is 11.5 Å². The van der Waals surface area contributed by atoms with E-state index in [0.717, 1.165) is 17.7 Å². The van der Waals surface area contributed by atoms with E-state index in [9.17, 15) is 0 Å². The molecule has 1 aromatic rings. The normalized spacial score (nSPS) is 19.6. The van der Waals surface area contributed by atoms with E-state index < -0.39 is 0 Å². The van der Waals surface area contributed by atoms with Crippen molar-refractivity contribution in [3.63, 3.8) is 0 Å². The van der Waals surface area contributed by atoms with Gasteiger partial charge in [-0.2, -0.15) is 0 Å². The summed E-state index contributed by atoms with van der Waals surface area (Å²) in [6, 6.07) is 5.22. The molecule has 0 radical (unpaired) electrons. The van der Waals surface area contributed by atoms with Crippen LogP contribution >= 0.6 is 17.0 Å². The third kappa shape index (κ3) is 2.14. The zero-order valence-electron chi connectivity index (χ0n) is 7.06. The third-order valence-electron chi connectivity index (χ3n) is 1.99. The van der Waals surface area contributed by atoms with Crippen LogP contribution in [0.4, 0.5) is 0 Å². The highest BCUT2D eigenvalue weighted by Crippen LogP contribution is 2.27. The summed E-state index contributed by atoms with van der Waals surface area (Å²) in [6.07, 6.45) is 0.829. The maximum Gasteiger partial charge on any atom is 0.126 e. The highest BCUT2D eigenvalue weighted by Gasteiger charge is 2.16. The lowest BCUT2D eigenvalue weighted by Crippen LogP contribution is -2.33. The van der Waals surface area contributed by atoms with Crippen molar-refractivity contribution >= 4 is 17.0 Å². The van der Waals surface area contributed by atoms with Gasteiger partial charge in [0.2, 0.25) is 0 Å². The lowest BCUT2D eigenvalue weighted by Gasteiger charge is -2.22. The fourth-order valence-corrected chi connectivity index (χ4v) is 1.38. The summed E-state index contributed by atoms with van der Waals surface area (Å²) < 4.78 is 5.33. The molecule has 0 fully saturated rings. The Hall–Kier alpha value is -0.740. The highest BCUT2D eigenvalue weighted by molar-refractivity contribution is 8.93. The predicted octanol–water partition coefficient (Wildman–Crippen LogP) is 1.23. The van der Waals surface area contributed by atoms with Crippen molar-refractivity contribution in [2.75, 3.05) is 6.61 Å². The van der Waals surface area contributed by atoms with E-state index in [-0.39, 0.29) is 28.8 Å². The molecule has 0 saturated heterocycles. The molecule has 1 heterocycles. The summed E-state index contributed by atoms with van der Waals surface area (Å²) in [5.74, 6) is 1.00. The summed E-state index contributed by atoms with van der Waals surface area (Å²) in [6.45, 7) is 0.538. The lowest BCUT2D eigenvalue weighted by atomic mass is 10.0. The molecule has 2 rings (SSSR count). The quantitative estimate of drug-likeness (QED) is 0.723. The minimum absolute atomic E-state index is 0. The summed E-state index contributed by atoms with van der Waals surface area (Å²) in [5, 5.41) is 9.14. The van der Waals surface area contributed by atoms with Crippen molar-refractivity contribution in [3.05, 3.63) is 23.8 Å². The largest absolute Gasteiger partial charge is 0.508 e. The number of aromatic hydroxyl groups is 1. The van der Waals surface area contributed by atoms with Gasteiger partial charge in [-0.3, -0.25) is 0 Å². The second-order valence-electron chi connectivity index (χ2n) is 3.07. The number of benzene rings is 1. The fourth-order valence-electron chi connectivity index (χ4n) is 1.38. The molecule has 1 aromatic carbocycles. The molecule has 13 heavy (non-hydrogen) atoms. The number of fused-ring (bicyclic) bond motifs is 1. The number of nitrogens with two attached hydrogens (primary N) is 1. The van der Waals surface area contributed by atoms with Gasteiger partial charge in [-0.15, -0.1) is 17.0 Å². The molecule has 4 heteroatoms. The first-order valence-corrected chi connectivity index (χ1v) is 3.96. The van der Waals surface area contributed by atoms with Gasteiger partial charge in [-0.1, -0.05) is 6.07 Å². The van der Waals surface area contributed by atoms with E-state index in [0.29, 0.717) is 6.61 Å². The predicted molar refractivity (Wildman–Crippen MR) is 55.6 cm³/mol. The van der Waals surface area contributed by atoms with E-state index in [1.165, 1.54) is 0 Å². The molecule has 0 aromatic heterocycles. The topological polar surface area (TPSA) is 55.5 Å². The number of ether oxygens (including phenoxy) is 1. The van der Waals surface area contributed by atoms with E-state index in [4.69, 9.17) is 15.6 Å². The molecule has 0 aliphatic carbocycles. The highest BCUT2D eigenvalue weighted by atomic mass is 79.9. The molecule has 72 valence electrons. The van der Waals surface area contributed by atoms with E-state index in [2.05, 4.69) is 0 Å². The first-order valence-electron chi connectivity index (χ1n) is 3.96. The van der Waals surface area contributed by atoms with Crippen molar-refractivity contribution in [2.45, 2.75) is 12.5 Å². The summed E-state index contributed by atoms with van der Waals surface area (Å²) in [5.41, 5.74) is 6.78. The van der Waals surface area contributed by atoms with E-state index in [1.807, 2.05) is 6.07 Å². The molecule has 1 atom stereocenters. The van der Waals surface area contributed by atoms with Crippen LogP contribution in [0.25, 0.3) is 0 Å². The Kier molecular flexibility index (Phi) is 3.17. The van der Waals surface area contributed by atoms with Crippen molar-refractivity contribution in [3.8, 4) is 11.5 Å². The molecule has 0 bridgehead atoms. The molecule has 0 spiro atoms. The smallest absolute Gasteiger partial charge is 0.126 e. The minimum Gasteiger partial charge on any atom is -0.508 e. The van der Waals surface area contributed by atoms with Gasteiger partial charge in [0.25, 0.3) is 0 Å². The van der Waals surface area contributed by atoms with E-state index in [1.54, 1.807) is 12.1 Å². The SMILES string of the molecule is Br.N[C@H]1COc2cc(O)ccc2C1. The zero-order chi connectivity index (χ0) is 8.55. The number of hydrogen-bond acceptors (Lipinski definition) is 3. The van der Waals surface area contributed by atoms with Crippen LogP contribution in [-0.4, -0.2) is 17.8 Å². The van der Waals surface area contributed by atoms with Gasteiger partial charge in [0, 0.05) is 12.1 Å².